The summed E-state index contributed by atoms with van der Waals surface area (Å²) in [4.78, 5) is 10.3. The standard InChI is InChI=1S/C18H15O4P.C16H32O2/c19-23(20-16-10-4-1-5-11-16,21-17-12-6-2-7-13-17)22-18-14-8-3-9-15-18;1-2-3-4-5-6-7-8-9-10-11-12-13-14-15-16(17)18/h1-15H;2-15H2,1H3,(H,17,18). The molecule has 3 aromatic rings. The van der Waals surface area contributed by atoms with Crippen molar-refractivity contribution in [1.29, 1.82) is 0 Å². The fourth-order valence-electron chi connectivity index (χ4n) is 4.18. The van der Waals surface area contributed by atoms with Gasteiger partial charge in [-0.15, -0.1) is 0 Å². The van der Waals surface area contributed by atoms with E-state index in [0.29, 0.717) is 23.7 Å². The second-order valence-electron chi connectivity index (χ2n) is 10.0. The summed E-state index contributed by atoms with van der Waals surface area (Å²) in [5, 5.41) is 8.49. The molecule has 41 heavy (non-hydrogen) atoms. The largest absolute Gasteiger partial charge is 0.647 e. The number of para-hydroxylation sites is 3. The van der Waals surface area contributed by atoms with Crippen LogP contribution in [0.4, 0.5) is 0 Å². The van der Waals surface area contributed by atoms with Gasteiger partial charge in [0.2, 0.25) is 0 Å². The predicted molar refractivity (Wildman–Crippen MR) is 167 cm³/mol. The third-order valence-corrected chi connectivity index (χ3v) is 7.68. The Morgan fingerprint density at radius 3 is 1.12 bits per heavy atom. The summed E-state index contributed by atoms with van der Waals surface area (Å²) in [7, 11) is -3.89. The quantitative estimate of drug-likeness (QED) is 0.105. The first kappa shape index (κ1) is 34.0. The number of hydrogen-bond donors (Lipinski definition) is 1. The monoisotopic (exact) mass is 582 g/mol. The lowest BCUT2D eigenvalue weighted by atomic mass is 10.0. The van der Waals surface area contributed by atoms with Gasteiger partial charge in [-0.25, -0.2) is 0 Å². The van der Waals surface area contributed by atoms with Crippen LogP contribution < -0.4 is 13.6 Å². The molecule has 0 amide bonds. The number of carboxylic acids is 1. The highest BCUT2D eigenvalue weighted by molar-refractivity contribution is 7.49. The van der Waals surface area contributed by atoms with Crippen molar-refractivity contribution in [3.63, 3.8) is 0 Å². The zero-order valence-electron chi connectivity index (χ0n) is 24.5. The minimum Gasteiger partial charge on any atom is -0.481 e. The SMILES string of the molecule is CCCCCCCCCCCCCCCC(=O)O.O=P(Oc1ccccc1)(Oc1ccccc1)Oc1ccccc1. The summed E-state index contributed by atoms with van der Waals surface area (Å²) < 4.78 is 29.6. The fraction of sp³-hybridized carbons (Fsp3) is 0.441. The van der Waals surface area contributed by atoms with Gasteiger partial charge in [0.25, 0.3) is 0 Å². The molecule has 0 spiro atoms. The van der Waals surface area contributed by atoms with Gasteiger partial charge >= 0.3 is 13.8 Å². The van der Waals surface area contributed by atoms with Crippen LogP contribution in [0.1, 0.15) is 96.8 Å². The van der Waals surface area contributed by atoms with Gasteiger partial charge in [0.15, 0.2) is 0 Å². The van der Waals surface area contributed by atoms with E-state index in [1.54, 1.807) is 72.8 Å². The zero-order valence-corrected chi connectivity index (χ0v) is 25.4. The smallest absolute Gasteiger partial charge is 0.481 e. The average molecular weight is 583 g/mol. The Balaban J connectivity index is 0.000000298. The molecule has 1 N–H and O–H groups in total. The second-order valence-corrected chi connectivity index (χ2v) is 11.5. The molecule has 0 fully saturated rings. The van der Waals surface area contributed by atoms with E-state index in [9.17, 15) is 9.36 Å². The highest BCUT2D eigenvalue weighted by Crippen LogP contribution is 2.49. The molecule has 7 heteroatoms. The number of benzene rings is 3. The lowest BCUT2D eigenvalue weighted by Gasteiger charge is -2.19. The molecular weight excluding hydrogens is 535 g/mol. The van der Waals surface area contributed by atoms with E-state index in [-0.39, 0.29) is 0 Å². The van der Waals surface area contributed by atoms with E-state index in [1.807, 2.05) is 18.2 Å². The number of phosphoric acid groups is 1. The van der Waals surface area contributed by atoms with E-state index in [1.165, 1.54) is 70.6 Å². The highest BCUT2D eigenvalue weighted by Gasteiger charge is 2.33. The number of rotatable bonds is 20. The molecule has 6 nitrogen and oxygen atoms in total. The Labute approximate surface area is 246 Å². The molecule has 0 saturated heterocycles. The molecule has 0 unspecified atom stereocenters. The number of phosphoric ester groups is 1. The summed E-state index contributed by atoms with van der Waals surface area (Å²) in [6.07, 6.45) is 17.3. The molecule has 0 radical (unpaired) electrons. The molecule has 0 aliphatic heterocycles. The van der Waals surface area contributed by atoms with Gasteiger partial charge in [0.1, 0.15) is 17.2 Å². The summed E-state index contributed by atoms with van der Waals surface area (Å²) >= 11 is 0. The number of carbonyl (C=O) groups is 1. The van der Waals surface area contributed by atoms with Gasteiger partial charge in [-0.2, -0.15) is 4.57 Å². The summed E-state index contributed by atoms with van der Waals surface area (Å²) in [5.41, 5.74) is 0. The van der Waals surface area contributed by atoms with Crippen LogP contribution in [0.15, 0.2) is 91.0 Å². The van der Waals surface area contributed by atoms with Crippen LogP contribution >= 0.6 is 7.82 Å². The minimum absolute atomic E-state index is 0.345. The molecule has 0 heterocycles. The molecule has 0 aliphatic carbocycles. The van der Waals surface area contributed by atoms with Crippen molar-refractivity contribution >= 4 is 13.8 Å². The van der Waals surface area contributed by atoms with Gasteiger partial charge in [0, 0.05) is 6.42 Å². The van der Waals surface area contributed by atoms with Crippen molar-refractivity contribution in [1.82, 2.24) is 0 Å². The van der Waals surface area contributed by atoms with Crippen LogP contribution in [0, 0.1) is 0 Å². The van der Waals surface area contributed by atoms with Gasteiger partial charge in [-0.3, -0.25) is 4.79 Å². The summed E-state index contributed by atoms with van der Waals surface area (Å²) in [6, 6.07) is 26.4. The third kappa shape index (κ3) is 17.2. The normalized spacial score (nSPS) is 10.8. The van der Waals surface area contributed by atoms with Crippen LogP contribution in [-0.2, 0) is 9.36 Å². The average Bonchev–Trinajstić information content (AvgIpc) is 2.97. The second kappa shape index (κ2) is 21.5. The van der Waals surface area contributed by atoms with Crippen LogP contribution in [0.3, 0.4) is 0 Å². The molecule has 0 aromatic heterocycles. The molecule has 0 saturated carbocycles. The lowest BCUT2D eigenvalue weighted by Crippen LogP contribution is -2.07. The molecule has 0 bridgehead atoms. The van der Waals surface area contributed by atoms with Gasteiger partial charge in [0.05, 0.1) is 0 Å². The number of unbranched alkanes of at least 4 members (excludes halogenated alkanes) is 12. The molecule has 3 aromatic carbocycles. The van der Waals surface area contributed by atoms with Crippen LogP contribution in [-0.4, -0.2) is 11.1 Å². The predicted octanol–water partition coefficient (Wildman–Crippen LogP) is 10.9. The van der Waals surface area contributed by atoms with Gasteiger partial charge in [-0.1, -0.05) is 139 Å². The Hall–Kier alpha value is -3.24. The molecule has 224 valence electrons. The third-order valence-electron chi connectivity index (χ3n) is 6.38. The van der Waals surface area contributed by atoms with Crippen LogP contribution in [0.25, 0.3) is 0 Å². The molecule has 3 rings (SSSR count). The van der Waals surface area contributed by atoms with E-state index in [2.05, 4.69) is 6.92 Å². The number of carboxylic acid groups (broad SMARTS) is 1. The maximum absolute atomic E-state index is 13.1. The minimum atomic E-state index is -3.89. The summed E-state index contributed by atoms with van der Waals surface area (Å²) in [5.74, 6) is 0.561. The molecule has 0 aliphatic rings. The van der Waals surface area contributed by atoms with E-state index < -0.39 is 13.8 Å². The molecule has 0 atom stereocenters. The topological polar surface area (TPSA) is 82.1 Å². The zero-order chi connectivity index (χ0) is 29.4. The van der Waals surface area contributed by atoms with Crippen LogP contribution in [0.5, 0.6) is 17.2 Å². The van der Waals surface area contributed by atoms with E-state index >= 15 is 0 Å². The van der Waals surface area contributed by atoms with Crippen molar-refractivity contribution in [2.45, 2.75) is 96.8 Å². The summed E-state index contributed by atoms with van der Waals surface area (Å²) in [6.45, 7) is 2.26. The maximum Gasteiger partial charge on any atom is 0.647 e. The Kier molecular flexibility index (Phi) is 17.8. The van der Waals surface area contributed by atoms with Crippen LogP contribution in [0.2, 0.25) is 0 Å². The van der Waals surface area contributed by atoms with Gasteiger partial charge in [-0.05, 0) is 42.8 Å². The highest BCUT2D eigenvalue weighted by atomic mass is 31.2. The van der Waals surface area contributed by atoms with Crippen molar-refractivity contribution in [3.05, 3.63) is 91.0 Å². The van der Waals surface area contributed by atoms with Crippen molar-refractivity contribution in [2.75, 3.05) is 0 Å². The van der Waals surface area contributed by atoms with E-state index in [4.69, 9.17) is 18.7 Å². The van der Waals surface area contributed by atoms with Crippen molar-refractivity contribution < 1.29 is 28.0 Å². The number of hydrogen-bond acceptors (Lipinski definition) is 5. The first-order valence-electron chi connectivity index (χ1n) is 15.1. The molecular formula is C34H47O6P. The Morgan fingerprint density at radius 1 is 0.537 bits per heavy atom. The fourth-order valence-corrected chi connectivity index (χ4v) is 5.43. The maximum atomic E-state index is 13.1. The van der Waals surface area contributed by atoms with E-state index in [0.717, 1.165) is 12.8 Å². The van der Waals surface area contributed by atoms with Crippen molar-refractivity contribution in [2.24, 2.45) is 0 Å². The first-order chi connectivity index (χ1) is 20.0. The lowest BCUT2D eigenvalue weighted by molar-refractivity contribution is -0.137. The van der Waals surface area contributed by atoms with Gasteiger partial charge < -0.3 is 18.7 Å². The van der Waals surface area contributed by atoms with Crippen molar-refractivity contribution in [3.8, 4) is 17.2 Å². The Morgan fingerprint density at radius 2 is 0.829 bits per heavy atom. The number of aliphatic carboxylic acids is 1. The first-order valence-corrected chi connectivity index (χ1v) is 16.5. The Bertz CT molecular complexity index is 984.